The Labute approximate surface area is 113 Å². The van der Waals surface area contributed by atoms with Gasteiger partial charge in [0.2, 0.25) is 0 Å². The Kier molecular flexibility index (Phi) is 4.32. The summed E-state index contributed by atoms with van der Waals surface area (Å²) in [6, 6.07) is 4.75. The van der Waals surface area contributed by atoms with Gasteiger partial charge in [0.15, 0.2) is 0 Å². The summed E-state index contributed by atoms with van der Waals surface area (Å²) in [7, 11) is 0. The van der Waals surface area contributed by atoms with Crippen LogP contribution in [0.3, 0.4) is 0 Å². The van der Waals surface area contributed by atoms with Crippen LogP contribution in [0.1, 0.15) is 25.1 Å². The number of hydrogen-bond donors (Lipinski definition) is 2. The second kappa shape index (κ2) is 5.97. The number of benzene rings is 1. The van der Waals surface area contributed by atoms with E-state index in [1.54, 1.807) is 12.3 Å². The summed E-state index contributed by atoms with van der Waals surface area (Å²) in [6.45, 7) is 8.00. The molecule has 1 aromatic heterocycles. The minimum Gasteiger partial charge on any atom is -0.341 e. The number of nitrogens with zero attached hydrogens (tertiary/aromatic N) is 1. The lowest BCUT2D eigenvalue weighted by Gasteiger charge is -2.05. The van der Waals surface area contributed by atoms with Crippen molar-refractivity contribution in [3.8, 4) is 11.4 Å². The van der Waals surface area contributed by atoms with Crippen LogP contribution in [-0.2, 0) is 6.54 Å². The highest BCUT2D eigenvalue weighted by Crippen LogP contribution is 2.21. The molecule has 0 aliphatic carbocycles. The molecule has 19 heavy (non-hydrogen) atoms. The van der Waals surface area contributed by atoms with Crippen molar-refractivity contribution in [1.29, 1.82) is 0 Å². The van der Waals surface area contributed by atoms with Crippen molar-refractivity contribution < 1.29 is 4.39 Å². The standard InChI is InChI=1S/C15H20FN3/c1-10(2)7-17-8-13-9-18-15(19-13)14-6-12(16)5-4-11(14)3/h4-6,9-10,17H,7-8H2,1-3H3,(H,18,19). The number of nitrogens with one attached hydrogen (secondary N) is 2. The lowest BCUT2D eigenvalue weighted by atomic mass is 10.1. The summed E-state index contributed by atoms with van der Waals surface area (Å²) >= 11 is 0. The molecule has 0 amide bonds. The maximum absolute atomic E-state index is 13.3. The summed E-state index contributed by atoms with van der Waals surface area (Å²) in [6.07, 6.45) is 1.80. The summed E-state index contributed by atoms with van der Waals surface area (Å²) < 4.78 is 13.3. The maximum Gasteiger partial charge on any atom is 0.137 e. The van der Waals surface area contributed by atoms with Crippen molar-refractivity contribution in [2.24, 2.45) is 5.92 Å². The van der Waals surface area contributed by atoms with E-state index in [1.165, 1.54) is 12.1 Å². The van der Waals surface area contributed by atoms with E-state index in [4.69, 9.17) is 0 Å². The van der Waals surface area contributed by atoms with Gasteiger partial charge in [0.05, 0.1) is 0 Å². The van der Waals surface area contributed by atoms with Crippen molar-refractivity contribution in [3.05, 3.63) is 41.5 Å². The molecule has 2 aromatic rings. The number of halogens is 1. The zero-order valence-corrected chi connectivity index (χ0v) is 11.6. The van der Waals surface area contributed by atoms with Crippen molar-refractivity contribution in [1.82, 2.24) is 15.3 Å². The van der Waals surface area contributed by atoms with Crippen LogP contribution in [0.5, 0.6) is 0 Å². The van der Waals surface area contributed by atoms with Gasteiger partial charge in [-0.3, -0.25) is 0 Å². The van der Waals surface area contributed by atoms with Crippen LogP contribution in [0.25, 0.3) is 11.4 Å². The molecule has 0 aliphatic rings. The number of imidazole rings is 1. The van der Waals surface area contributed by atoms with E-state index in [1.807, 2.05) is 6.92 Å². The third-order valence-corrected chi connectivity index (χ3v) is 2.95. The Morgan fingerprint density at radius 2 is 2.16 bits per heavy atom. The average molecular weight is 261 g/mol. The fourth-order valence-electron chi connectivity index (χ4n) is 1.93. The molecular weight excluding hydrogens is 241 g/mol. The minimum atomic E-state index is -0.239. The molecule has 0 bridgehead atoms. The third-order valence-electron chi connectivity index (χ3n) is 2.95. The largest absolute Gasteiger partial charge is 0.341 e. The van der Waals surface area contributed by atoms with Crippen molar-refractivity contribution in [3.63, 3.8) is 0 Å². The zero-order valence-electron chi connectivity index (χ0n) is 11.6. The van der Waals surface area contributed by atoms with Crippen LogP contribution in [0.15, 0.2) is 24.4 Å². The first kappa shape index (κ1) is 13.7. The Morgan fingerprint density at radius 3 is 2.89 bits per heavy atom. The van der Waals surface area contributed by atoms with Crippen LogP contribution in [0.4, 0.5) is 4.39 Å². The molecule has 0 spiro atoms. The molecule has 1 aromatic carbocycles. The molecule has 3 nitrogen and oxygen atoms in total. The Balaban J connectivity index is 2.10. The van der Waals surface area contributed by atoms with Gasteiger partial charge in [-0.1, -0.05) is 19.9 Å². The molecular formula is C15H20FN3. The normalized spacial score (nSPS) is 11.2. The molecule has 0 aliphatic heterocycles. The molecule has 0 saturated heterocycles. The number of aromatic amines is 1. The molecule has 0 saturated carbocycles. The Hall–Kier alpha value is -1.68. The Morgan fingerprint density at radius 1 is 1.37 bits per heavy atom. The summed E-state index contributed by atoms with van der Waals surface area (Å²) in [4.78, 5) is 7.55. The second-order valence-electron chi connectivity index (χ2n) is 5.24. The highest BCUT2D eigenvalue weighted by molar-refractivity contribution is 5.60. The number of H-pyrrole nitrogens is 1. The maximum atomic E-state index is 13.3. The van der Waals surface area contributed by atoms with Gasteiger partial charge >= 0.3 is 0 Å². The van der Waals surface area contributed by atoms with Gasteiger partial charge < -0.3 is 10.3 Å². The molecule has 0 radical (unpaired) electrons. The van der Waals surface area contributed by atoms with Crippen LogP contribution in [0.2, 0.25) is 0 Å². The van der Waals surface area contributed by atoms with Gasteiger partial charge in [0, 0.05) is 24.0 Å². The van der Waals surface area contributed by atoms with E-state index in [0.717, 1.165) is 35.7 Å². The van der Waals surface area contributed by atoms with Gasteiger partial charge in [-0.2, -0.15) is 0 Å². The first-order valence-corrected chi connectivity index (χ1v) is 6.57. The molecule has 0 unspecified atom stereocenters. The monoisotopic (exact) mass is 261 g/mol. The fourth-order valence-corrected chi connectivity index (χ4v) is 1.93. The zero-order chi connectivity index (χ0) is 13.8. The van der Waals surface area contributed by atoms with Gasteiger partial charge in [0.1, 0.15) is 11.6 Å². The highest BCUT2D eigenvalue weighted by Gasteiger charge is 2.07. The number of aryl methyl sites for hydroxylation is 1. The number of aromatic nitrogens is 2. The van der Waals surface area contributed by atoms with E-state index >= 15 is 0 Å². The lowest BCUT2D eigenvalue weighted by molar-refractivity contribution is 0.549. The smallest absolute Gasteiger partial charge is 0.137 e. The van der Waals surface area contributed by atoms with Crippen molar-refractivity contribution in [2.75, 3.05) is 6.54 Å². The number of hydrogen-bond acceptors (Lipinski definition) is 2. The Bertz CT molecular complexity index is 546. The summed E-state index contributed by atoms with van der Waals surface area (Å²) in [5.74, 6) is 1.10. The topological polar surface area (TPSA) is 40.7 Å². The molecule has 2 N–H and O–H groups in total. The predicted octanol–water partition coefficient (Wildman–Crippen LogP) is 3.27. The van der Waals surface area contributed by atoms with Crippen LogP contribution >= 0.6 is 0 Å². The van der Waals surface area contributed by atoms with E-state index in [9.17, 15) is 4.39 Å². The quantitative estimate of drug-likeness (QED) is 0.867. The van der Waals surface area contributed by atoms with E-state index in [0.29, 0.717) is 5.92 Å². The van der Waals surface area contributed by atoms with Gasteiger partial charge in [-0.15, -0.1) is 0 Å². The molecule has 2 rings (SSSR count). The molecule has 102 valence electrons. The van der Waals surface area contributed by atoms with Gasteiger partial charge in [-0.25, -0.2) is 9.37 Å². The molecule has 0 fully saturated rings. The van der Waals surface area contributed by atoms with Crippen LogP contribution in [0, 0.1) is 18.7 Å². The fraction of sp³-hybridized carbons (Fsp3) is 0.400. The SMILES string of the molecule is Cc1ccc(F)cc1-c1ncc(CNCC(C)C)[nH]1. The van der Waals surface area contributed by atoms with Crippen molar-refractivity contribution >= 4 is 0 Å². The number of rotatable bonds is 5. The van der Waals surface area contributed by atoms with Gasteiger partial charge in [-0.05, 0) is 37.1 Å². The molecule has 0 atom stereocenters. The molecule has 1 heterocycles. The van der Waals surface area contributed by atoms with E-state index in [2.05, 4.69) is 29.1 Å². The summed E-state index contributed by atoms with van der Waals surface area (Å²) in [5, 5.41) is 3.35. The second-order valence-corrected chi connectivity index (χ2v) is 5.24. The third kappa shape index (κ3) is 3.64. The highest BCUT2D eigenvalue weighted by atomic mass is 19.1. The van der Waals surface area contributed by atoms with E-state index < -0.39 is 0 Å². The lowest BCUT2D eigenvalue weighted by Crippen LogP contribution is -2.19. The van der Waals surface area contributed by atoms with Crippen LogP contribution in [-0.4, -0.2) is 16.5 Å². The first-order valence-electron chi connectivity index (χ1n) is 6.57. The molecule has 4 heteroatoms. The summed E-state index contributed by atoms with van der Waals surface area (Å²) in [5.41, 5.74) is 2.84. The van der Waals surface area contributed by atoms with E-state index in [-0.39, 0.29) is 5.82 Å². The minimum absolute atomic E-state index is 0.239. The van der Waals surface area contributed by atoms with Gasteiger partial charge in [0.25, 0.3) is 0 Å². The first-order chi connectivity index (χ1) is 9.06. The average Bonchev–Trinajstić information content (AvgIpc) is 2.80. The predicted molar refractivity (Wildman–Crippen MR) is 75.3 cm³/mol. The van der Waals surface area contributed by atoms with Crippen LogP contribution < -0.4 is 5.32 Å². The van der Waals surface area contributed by atoms with Crippen molar-refractivity contribution in [2.45, 2.75) is 27.3 Å².